The van der Waals surface area contributed by atoms with Crippen molar-refractivity contribution in [3.8, 4) is 45.8 Å². The Balaban J connectivity index is 1.24. The molecule has 4 aromatic carbocycles. The zero-order chi connectivity index (χ0) is 39.2. The molecule has 15 heteroatoms. The van der Waals surface area contributed by atoms with Crippen molar-refractivity contribution < 1.29 is 68.3 Å². The molecule has 0 aliphatic carbocycles. The van der Waals surface area contributed by atoms with E-state index in [4.69, 9.17) is 28.1 Å². The summed E-state index contributed by atoms with van der Waals surface area (Å²) in [5.74, 6) is -2.37. The van der Waals surface area contributed by atoms with Gasteiger partial charge in [0.15, 0.2) is 23.0 Å². The van der Waals surface area contributed by atoms with Crippen molar-refractivity contribution >= 4 is 35.1 Å². The lowest BCUT2D eigenvalue weighted by Crippen LogP contribution is -2.61. The lowest BCUT2D eigenvalue weighted by Gasteiger charge is -2.41. The molecule has 0 amide bonds. The number of rotatable bonds is 11. The van der Waals surface area contributed by atoms with Crippen LogP contribution in [-0.4, -0.2) is 87.0 Å². The van der Waals surface area contributed by atoms with Crippen LogP contribution in [0, 0.1) is 0 Å². The van der Waals surface area contributed by atoms with Crippen LogP contribution in [0.25, 0.3) is 34.4 Å². The molecule has 1 aliphatic heterocycles. The number of aliphatic hydroxyl groups excluding tert-OH is 2. The third-order valence-corrected chi connectivity index (χ3v) is 8.38. The molecule has 0 spiro atoms. The molecule has 0 saturated carbocycles. The first-order valence-electron chi connectivity index (χ1n) is 16.6. The molecule has 2 heterocycles. The normalized spacial score (nSPS) is 19.7. The van der Waals surface area contributed by atoms with Crippen LogP contribution < -0.4 is 14.9 Å². The third-order valence-electron chi connectivity index (χ3n) is 8.38. The predicted octanol–water partition coefficient (Wildman–Crippen LogP) is 4.00. The number of methoxy groups -OCH3 is 1. The summed E-state index contributed by atoms with van der Waals surface area (Å²) in [5, 5.41) is 61.1. The zero-order valence-electron chi connectivity index (χ0n) is 28.8. The lowest BCUT2D eigenvalue weighted by atomic mass is 9.99. The smallest absolute Gasteiger partial charge is 0.331 e. The van der Waals surface area contributed by atoms with Crippen LogP contribution in [0.1, 0.15) is 11.1 Å². The van der Waals surface area contributed by atoms with E-state index >= 15 is 0 Å². The highest BCUT2D eigenvalue weighted by molar-refractivity contribution is 5.88. The van der Waals surface area contributed by atoms with Crippen molar-refractivity contribution in [2.75, 3.05) is 13.7 Å². The molecule has 284 valence electrons. The van der Waals surface area contributed by atoms with Gasteiger partial charge in [-0.25, -0.2) is 9.59 Å². The van der Waals surface area contributed by atoms with Crippen LogP contribution in [0.4, 0.5) is 0 Å². The minimum atomic E-state index is -1.81. The van der Waals surface area contributed by atoms with Crippen molar-refractivity contribution in [3.63, 3.8) is 0 Å². The van der Waals surface area contributed by atoms with Gasteiger partial charge in [0.05, 0.1) is 7.11 Å². The molecule has 0 unspecified atom stereocenters. The minimum Gasteiger partial charge on any atom is -0.508 e. The summed E-state index contributed by atoms with van der Waals surface area (Å²) in [5.41, 5.74) is 0.804. The summed E-state index contributed by atoms with van der Waals surface area (Å²) in [4.78, 5) is 38.3. The molecule has 6 rings (SSSR count). The number of fused-ring (bicyclic) bond motifs is 1. The number of ether oxygens (including phenoxy) is 5. The SMILES string of the molecule is COc1cc(-c2cc(=O)c3c(O)cc(O)cc3o2)ccc1O[C@@H]1O[C@H](COC(=O)/C=C\c2ccc(O)cc2)[C@@H](O)[C@H](O)[C@H]1OC(=O)/C=C/c1ccc(O)cc1. The fraction of sp³-hybridized carbons (Fsp3) is 0.175. The third kappa shape index (κ3) is 9.05. The van der Waals surface area contributed by atoms with Gasteiger partial charge < -0.3 is 58.7 Å². The molecule has 1 aromatic heterocycles. The monoisotopic (exact) mass is 754 g/mol. The number of carbonyl (C=O) groups excluding carboxylic acids is 2. The van der Waals surface area contributed by atoms with Gasteiger partial charge in [0.2, 0.25) is 6.29 Å². The fourth-order valence-corrected chi connectivity index (χ4v) is 5.59. The Kier molecular flexibility index (Phi) is 11.4. The molecular formula is C40H34O15. The summed E-state index contributed by atoms with van der Waals surface area (Å²) in [6, 6.07) is 19.6. The Labute approximate surface area is 311 Å². The molecule has 1 aliphatic rings. The quantitative estimate of drug-likeness (QED) is 0.0827. The summed E-state index contributed by atoms with van der Waals surface area (Å²) < 4.78 is 34.1. The highest BCUT2D eigenvalue weighted by Gasteiger charge is 2.48. The first-order valence-corrected chi connectivity index (χ1v) is 16.6. The highest BCUT2D eigenvalue weighted by Crippen LogP contribution is 2.37. The van der Waals surface area contributed by atoms with Gasteiger partial charge in [0.1, 0.15) is 64.6 Å². The van der Waals surface area contributed by atoms with E-state index in [1.807, 2.05) is 0 Å². The van der Waals surface area contributed by atoms with Gasteiger partial charge in [-0.05, 0) is 65.7 Å². The number of aliphatic hydroxyl groups is 2. The van der Waals surface area contributed by atoms with Gasteiger partial charge in [-0.3, -0.25) is 4.79 Å². The number of hydrogen-bond donors (Lipinski definition) is 6. The maximum absolute atomic E-state index is 12.9. The first kappa shape index (κ1) is 37.9. The molecule has 1 fully saturated rings. The minimum absolute atomic E-state index is 0.00785. The van der Waals surface area contributed by atoms with E-state index in [1.165, 1.54) is 67.8 Å². The number of hydrogen-bond acceptors (Lipinski definition) is 15. The maximum atomic E-state index is 12.9. The number of carbonyl (C=O) groups is 2. The second-order valence-corrected chi connectivity index (χ2v) is 12.2. The van der Waals surface area contributed by atoms with Gasteiger partial charge in [-0.15, -0.1) is 0 Å². The number of aromatic hydroxyl groups is 4. The highest BCUT2D eigenvalue weighted by atomic mass is 16.7. The van der Waals surface area contributed by atoms with Gasteiger partial charge in [0, 0.05) is 35.9 Å². The van der Waals surface area contributed by atoms with Crippen molar-refractivity contribution in [1.82, 2.24) is 0 Å². The van der Waals surface area contributed by atoms with Crippen LogP contribution in [0.3, 0.4) is 0 Å². The van der Waals surface area contributed by atoms with Crippen LogP contribution in [0.15, 0.2) is 106 Å². The average molecular weight is 755 g/mol. The summed E-state index contributed by atoms with van der Waals surface area (Å²) >= 11 is 0. The topological polar surface area (TPSA) is 232 Å². The largest absolute Gasteiger partial charge is 0.508 e. The first-order chi connectivity index (χ1) is 26.4. The molecule has 55 heavy (non-hydrogen) atoms. The van der Waals surface area contributed by atoms with Crippen LogP contribution >= 0.6 is 0 Å². The molecule has 5 atom stereocenters. The number of phenolic OH excluding ortho intramolecular Hbond substituents is 4. The zero-order valence-corrected chi connectivity index (χ0v) is 28.8. The van der Waals surface area contributed by atoms with E-state index < -0.39 is 60.4 Å². The van der Waals surface area contributed by atoms with Crippen LogP contribution in [-0.2, 0) is 23.8 Å². The Bertz CT molecular complexity index is 2290. The molecule has 1 saturated heterocycles. The van der Waals surface area contributed by atoms with Gasteiger partial charge in [0.25, 0.3) is 0 Å². The summed E-state index contributed by atoms with van der Waals surface area (Å²) in [6.45, 7) is -0.555. The molecule has 6 N–H and O–H groups in total. The van der Waals surface area contributed by atoms with E-state index in [9.17, 15) is 45.0 Å². The number of benzene rings is 4. The van der Waals surface area contributed by atoms with Crippen molar-refractivity contribution in [3.05, 3.63) is 118 Å². The summed E-state index contributed by atoms with van der Waals surface area (Å²) in [7, 11) is 1.32. The van der Waals surface area contributed by atoms with Gasteiger partial charge in [-0.1, -0.05) is 24.3 Å². The van der Waals surface area contributed by atoms with Crippen LogP contribution in [0.2, 0.25) is 0 Å². The Hall–Kier alpha value is -6.81. The van der Waals surface area contributed by atoms with E-state index in [1.54, 1.807) is 24.3 Å². The van der Waals surface area contributed by atoms with E-state index in [-0.39, 0.29) is 45.5 Å². The van der Waals surface area contributed by atoms with E-state index in [0.29, 0.717) is 16.7 Å². The standard InChI is InChI=1S/C40H34O15/c1-50-31-16-23(30-19-28(45)36-27(44)17-26(43)18-32(36)52-30)8-13-29(31)53-40-39(55-35(47)15-7-22-4-11-25(42)12-5-22)38(49)37(48)33(54-40)20-51-34(46)14-6-21-2-9-24(41)10-3-21/h2-19,33,37-44,48-49H,20H2,1H3/b14-6-,15-7+/t33-,37-,38+,39-,40-/m1/s1. The molecule has 0 radical (unpaired) electrons. The number of esters is 2. The van der Waals surface area contributed by atoms with E-state index in [2.05, 4.69) is 0 Å². The number of phenols is 4. The second-order valence-electron chi connectivity index (χ2n) is 12.2. The van der Waals surface area contributed by atoms with Gasteiger partial charge >= 0.3 is 11.9 Å². The maximum Gasteiger partial charge on any atom is 0.331 e. The predicted molar refractivity (Wildman–Crippen MR) is 194 cm³/mol. The molecule has 0 bridgehead atoms. The Morgan fingerprint density at radius 2 is 1.38 bits per heavy atom. The molecule has 15 nitrogen and oxygen atoms in total. The van der Waals surface area contributed by atoms with E-state index in [0.717, 1.165) is 24.3 Å². The van der Waals surface area contributed by atoms with Crippen molar-refractivity contribution in [2.45, 2.75) is 30.7 Å². The Morgan fingerprint density at radius 1 is 0.745 bits per heavy atom. The fourth-order valence-electron chi connectivity index (χ4n) is 5.59. The average Bonchev–Trinajstić information content (AvgIpc) is 3.16. The molecule has 5 aromatic rings. The van der Waals surface area contributed by atoms with Crippen LogP contribution in [0.5, 0.6) is 34.5 Å². The van der Waals surface area contributed by atoms with Crippen molar-refractivity contribution in [2.24, 2.45) is 0 Å². The second kappa shape index (κ2) is 16.5. The van der Waals surface area contributed by atoms with Crippen molar-refractivity contribution in [1.29, 1.82) is 0 Å². The van der Waals surface area contributed by atoms with Gasteiger partial charge in [-0.2, -0.15) is 0 Å². The lowest BCUT2D eigenvalue weighted by molar-refractivity contribution is -0.282. The molecular weight excluding hydrogens is 720 g/mol. The summed E-state index contributed by atoms with van der Waals surface area (Å²) in [6.07, 6.45) is -3.17. The Morgan fingerprint density at radius 3 is 2.02 bits per heavy atom.